The highest BCUT2D eigenvalue weighted by Gasteiger charge is 2.32. The maximum atomic E-state index is 13.1. The Labute approximate surface area is 189 Å². The van der Waals surface area contributed by atoms with Gasteiger partial charge in [-0.25, -0.2) is 23.4 Å². The van der Waals surface area contributed by atoms with E-state index in [0.717, 1.165) is 22.7 Å². The van der Waals surface area contributed by atoms with Crippen LogP contribution < -0.4 is 0 Å². The van der Waals surface area contributed by atoms with Crippen molar-refractivity contribution < 1.29 is 13.2 Å². The summed E-state index contributed by atoms with van der Waals surface area (Å²) in [6.07, 6.45) is 6.84. The van der Waals surface area contributed by atoms with Crippen molar-refractivity contribution >= 4 is 39.1 Å². The predicted octanol–water partition coefficient (Wildman–Crippen LogP) is 3.31. The quantitative estimate of drug-likeness (QED) is 0.447. The van der Waals surface area contributed by atoms with Crippen LogP contribution in [0.25, 0.3) is 22.7 Å². The van der Waals surface area contributed by atoms with Crippen LogP contribution in [0.5, 0.6) is 0 Å². The molecular weight excluding hydrogens is 452 g/mol. The minimum Gasteiger partial charge on any atom is -0.342 e. The number of nitrogens with one attached hydrogen (secondary N) is 1. The van der Waals surface area contributed by atoms with Crippen molar-refractivity contribution in [1.82, 2.24) is 28.8 Å². The van der Waals surface area contributed by atoms with Crippen LogP contribution in [0, 0.1) is 0 Å². The maximum Gasteiger partial charge on any atom is 0.243 e. The molecule has 4 aromatic rings. The molecule has 4 heterocycles. The molecule has 9 nitrogen and oxygen atoms in total. The fourth-order valence-electron chi connectivity index (χ4n) is 4.10. The van der Waals surface area contributed by atoms with Gasteiger partial charge in [-0.1, -0.05) is 11.6 Å². The second-order valence-corrected chi connectivity index (χ2v) is 9.90. The fraction of sp³-hybridized carbons (Fsp3) is 0.238. The van der Waals surface area contributed by atoms with E-state index in [-0.39, 0.29) is 21.5 Å². The van der Waals surface area contributed by atoms with E-state index in [9.17, 15) is 13.2 Å². The Bertz CT molecular complexity index is 1390. The molecule has 1 saturated heterocycles. The number of pyridine rings is 1. The molecule has 5 rings (SSSR count). The van der Waals surface area contributed by atoms with E-state index in [4.69, 9.17) is 16.6 Å². The number of piperidine rings is 1. The van der Waals surface area contributed by atoms with Crippen LogP contribution in [0.4, 0.5) is 0 Å². The Morgan fingerprint density at radius 2 is 2.00 bits per heavy atom. The van der Waals surface area contributed by atoms with E-state index in [0.29, 0.717) is 32.2 Å². The number of carbonyl (C=O) groups excluding carboxylic acids is 1. The van der Waals surface area contributed by atoms with Gasteiger partial charge in [0.1, 0.15) is 11.2 Å². The first-order valence-corrected chi connectivity index (χ1v) is 11.9. The smallest absolute Gasteiger partial charge is 0.243 e. The number of carbonyl (C=O) groups is 1. The highest BCUT2D eigenvalue weighted by atomic mass is 35.5. The van der Waals surface area contributed by atoms with Gasteiger partial charge in [-0.3, -0.25) is 4.79 Å². The van der Waals surface area contributed by atoms with Crippen molar-refractivity contribution in [2.45, 2.75) is 23.8 Å². The van der Waals surface area contributed by atoms with Crippen LogP contribution in [-0.2, 0) is 10.0 Å². The molecule has 0 unspecified atom stereocenters. The Morgan fingerprint density at radius 1 is 1.19 bits per heavy atom. The summed E-state index contributed by atoms with van der Waals surface area (Å²) in [6, 6.07) is 7.95. The summed E-state index contributed by atoms with van der Waals surface area (Å²) < 4.78 is 29.8. The van der Waals surface area contributed by atoms with Gasteiger partial charge in [-0.05, 0) is 43.2 Å². The number of hydrogen-bond acceptors (Lipinski definition) is 6. The molecular formula is C21H19ClN6O3S. The number of fused-ring (bicyclic) bond motifs is 1. The van der Waals surface area contributed by atoms with E-state index < -0.39 is 10.0 Å². The van der Waals surface area contributed by atoms with Gasteiger partial charge in [0.05, 0.1) is 22.4 Å². The average molecular weight is 471 g/mol. The number of hydrogen-bond donors (Lipinski definition) is 1. The van der Waals surface area contributed by atoms with Crippen LogP contribution in [0.1, 0.15) is 29.2 Å². The second kappa shape index (κ2) is 8.12. The van der Waals surface area contributed by atoms with E-state index in [1.807, 2.05) is 12.1 Å². The molecule has 0 radical (unpaired) electrons. The Kier molecular flexibility index (Phi) is 5.28. The minimum atomic E-state index is -3.72. The van der Waals surface area contributed by atoms with Crippen molar-refractivity contribution in [2.75, 3.05) is 13.1 Å². The molecule has 0 bridgehead atoms. The third kappa shape index (κ3) is 3.50. The number of nitrogens with zero attached hydrogens (tertiary/aromatic N) is 5. The predicted molar refractivity (Wildman–Crippen MR) is 119 cm³/mol. The molecule has 1 aromatic carbocycles. The Morgan fingerprint density at radius 3 is 2.69 bits per heavy atom. The summed E-state index contributed by atoms with van der Waals surface area (Å²) in [6.45, 7) is 0.684. The van der Waals surface area contributed by atoms with Gasteiger partial charge in [-0.2, -0.15) is 4.31 Å². The lowest BCUT2D eigenvalue weighted by Gasteiger charge is -2.32. The van der Waals surface area contributed by atoms with E-state index >= 15 is 0 Å². The third-order valence-electron chi connectivity index (χ3n) is 5.71. The highest BCUT2D eigenvalue weighted by molar-refractivity contribution is 7.89. The molecule has 0 amide bonds. The molecule has 1 N–H and O–H groups in total. The van der Waals surface area contributed by atoms with E-state index in [2.05, 4.69) is 19.5 Å². The van der Waals surface area contributed by atoms with Gasteiger partial charge in [-0.15, -0.1) is 0 Å². The van der Waals surface area contributed by atoms with Crippen molar-refractivity contribution in [2.24, 2.45) is 0 Å². The molecule has 0 atom stereocenters. The van der Waals surface area contributed by atoms with Gasteiger partial charge >= 0.3 is 0 Å². The van der Waals surface area contributed by atoms with Gasteiger partial charge in [0, 0.05) is 30.9 Å². The topological polar surface area (TPSA) is 114 Å². The largest absolute Gasteiger partial charge is 0.342 e. The standard InChI is InChI=1S/C21H19ClN6O3S/c22-17-10-16(4-3-14(17)12-29)32(30,31)27-8-5-15(6-9-27)28-20-18(2-1-7-24-20)26-21(28)19-11-23-13-25-19/h1-4,7,10-13,15H,5-6,8-9H2,(H,23,25). The van der Waals surface area contributed by atoms with E-state index in [1.54, 1.807) is 18.7 Å². The molecule has 0 spiro atoms. The number of rotatable bonds is 5. The summed E-state index contributed by atoms with van der Waals surface area (Å²) >= 11 is 6.05. The number of aromatic nitrogens is 5. The van der Waals surface area contributed by atoms with Crippen molar-refractivity contribution in [1.29, 1.82) is 0 Å². The molecule has 0 aliphatic carbocycles. The summed E-state index contributed by atoms with van der Waals surface area (Å²) in [5, 5.41) is 0.121. The number of imidazole rings is 2. The lowest BCUT2D eigenvalue weighted by Crippen LogP contribution is -2.39. The van der Waals surface area contributed by atoms with Crippen molar-refractivity contribution in [3.63, 3.8) is 0 Å². The van der Waals surface area contributed by atoms with E-state index in [1.165, 1.54) is 22.5 Å². The van der Waals surface area contributed by atoms with Crippen LogP contribution in [0.15, 0.2) is 53.9 Å². The van der Waals surface area contributed by atoms with Crippen LogP contribution >= 0.6 is 11.6 Å². The normalized spacial score (nSPS) is 15.9. The van der Waals surface area contributed by atoms with Gasteiger partial charge in [0.25, 0.3) is 0 Å². The zero-order valence-corrected chi connectivity index (χ0v) is 18.4. The SMILES string of the molecule is O=Cc1ccc(S(=O)(=O)N2CCC(n3c(-c4cnc[nH]4)nc4cccnc43)CC2)cc1Cl. The molecule has 164 valence electrons. The van der Waals surface area contributed by atoms with Gasteiger partial charge in [0.2, 0.25) is 10.0 Å². The second-order valence-electron chi connectivity index (χ2n) is 7.55. The summed E-state index contributed by atoms with van der Waals surface area (Å²) in [5.41, 5.74) is 2.57. The first kappa shape index (κ1) is 20.8. The number of aromatic amines is 1. The van der Waals surface area contributed by atoms with Crippen molar-refractivity contribution in [3.8, 4) is 11.5 Å². The fourth-order valence-corrected chi connectivity index (χ4v) is 5.88. The zero-order valence-electron chi connectivity index (χ0n) is 16.8. The summed E-state index contributed by atoms with van der Waals surface area (Å²) in [4.78, 5) is 27.5. The Hall–Kier alpha value is -3.08. The Balaban J connectivity index is 1.43. The molecule has 1 fully saturated rings. The average Bonchev–Trinajstić information content (AvgIpc) is 3.47. The maximum absolute atomic E-state index is 13.1. The zero-order chi connectivity index (χ0) is 22.3. The number of sulfonamides is 1. The van der Waals surface area contributed by atoms with Crippen LogP contribution in [0.3, 0.4) is 0 Å². The first-order chi connectivity index (χ1) is 15.5. The minimum absolute atomic E-state index is 0.0284. The van der Waals surface area contributed by atoms with Crippen LogP contribution in [0.2, 0.25) is 5.02 Å². The number of halogens is 1. The molecule has 11 heteroatoms. The third-order valence-corrected chi connectivity index (χ3v) is 7.94. The van der Waals surface area contributed by atoms with Gasteiger partial charge in [0.15, 0.2) is 17.8 Å². The summed E-state index contributed by atoms with van der Waals surface area (Å²) in [7, 11) is -3.72. The number of benzene rings is 1. The monoisotopic (exact) mass is 470 g/mol. The van der Waals surface area contributed by atoms with Gasteiger partial charge < -0.3 is 9.55 Å². The molecule has 1 aliphatic heterocycles. The first-order valence-electron chi connectivity index (χ1n) is 10.1. The highest BCUT2D eigenvalue weighted by Crippen LogP contribution is 2.33. The van der Waals surface area contributed by atoms with Crippen LogP contribution in [-0.4, -0.2) is 56.6 Å². The number of aldehydes is 1. The molecule has 1 aliphatic rings. The number of H-pyrrole nitrogens is 1. The molecule has 32 heavy (non-hydrogen) atoms. The summed E-state index contributed by atoms with van der Waals surface area (Å²) in [5.74, 6) is 0.730. The molecule has 3 aromatic heterocycles. The lowest BCUT2D eigenvalue weighted by atomic mass is 10.1. The molecule has 0 saturated carbocycles. The lowest BCUT2D eigenvalue weighted by molar-refractivity contribution is 0.112. The van der Waals surface area contributed by atoms with Crippen molar-refractivity contribution in [3.05, 3.63) is 59.6 Å².